The average Bonchev–Trinajstić information content (AvgIpc) is 3.88. The molecule has 0 spiro atoms. The summed E-state index contributed by atoms with van der Waals surface area (Å²) < 4.78 is 3.32. The minimum absolute atomic E-state index is 0.157. The van der Waals surface area contributed by atoms with Gasteiger partial charge >= 0.3 is 0 Å². The molecule has 0 aliphatic heterocycles. The van der Waals surface area contributed by atoms with E-state index in [1.165, 1.54) is 89.9 Å². The zero-order valence-electron chi connectivity index (χ0n) is 45.1. The standard InChI is InChI=1S/C68H80N2O4/c1-5-9-13-15-17-19-21-23-25-33-47(31-11-7-3)69-65(71)61-51-37-29-27-35-49(51)55-43-45-39-40-46-44-56-50-36-28-30-38-52(50)62-64(60(56)54-42-41-53(57(45)58(46)54)59(55)63(61)67(69)73)68(74)70(66(62)72)48(32-12-8-4)34-26-24-22-20-18-16-14-10-6-2/h27-30,35-44,47-48H,5-26,31-34H2,1-4H3. The van der Waals surface area contributed by atoms with Crippen LogP contribution in [0.15, 0.2) is 104 Å². The van der Waals surface area contributed by atoms with Gasteiger partial charge in [0.25, 0.3) is 22.2 Å². The number of unbranched alkanes of at least 4 members (excludes halogenated alkanes) is 18. The zero-order valence-corrected chi connectivity index (χ0v) is 45.1. The normalized spacial score (nSPS) is 13.3. The maximum atomic E-state index is 15.4. The summed E-state index contributed by atoms with van der Waals surface area (Å²) in [4.78, 5) is 61.1. The average molecular weight is 989 g/mol. The highest BCUT2D eigenvalue weighted by atomic mass is 16.2. The lowest BCUT2D eigenvalue weighted by atomic mass is 9.85. The van der Waals surface area contributed by atoms with Crippen molar-refractivity contribution >= 4 is 97.0 Å². The van der Waals surface area contributed by atoms with Gasteiger partial charge in [0.1, 0.15) is 0 Å². The van der Waals surface area contributed by atoms with E-state index in [1.54, 1.807) is 9.13 Å². The van der Waals surface area contributed by atoms with Gasteiger partial charge in [-0.25, -0.2) is 0 Å². The second kappa shape index (κ2) is 23.3. The minimum Gasteiger partial charge on any atom is -0.271 e. The second-order valence-corrected chi connectivity index (χ2v) is 22.4. The van der Waals surface area contributed by atoms with Crippen LogP contribution >= 0.6 is 0 Å². The largest absolute Gasteiger partial charge is 0.271 e. The number of rotatable bonds is 28. The van der Waals surface area contributed by atoms with Gasteiger partial charge in [-0.05, 0) is 102 Å². The molecule has 0 saturated carbocycles. The van der Waals surface area contributed by atoms with Gasteiger partial charge < -0.3 is 0 Å². The summed E-state index contributed by atoms with van der Waals surface area (Å²) in [7, 11) is 0. The summed E-state index contributed by atoms with van der Waals surface area (Å²) in [6.07, 6.45) is 29.3. The molecule has 74 heavy (non-hydrogen) atoms. The molecule has 0 saturated heterocycles. The van der Waals surface area contributed by atoms with E-state index in [-0.39, 0.29) is 34.3 Å². The van der Waals surface area contributed by atoms with Crippen LogP contribution in [0.1, 0.15) is 207 Å². The lowest BCUT2D eigenvalue weighted by molar-refractivity contribution is 0.389. The number of aromatic nitrogens is 2. The fourth-order valence-corrected chi connectivity index (χ4v) is 13.6. The molecule has 2 unspecified atom stereocenters. The van der Waals surface area contributed by atoms with Crippen LogP contribution in [0, 0.1) is 0 Å². The molecule has 6 nitrogen and oxygen atoms in total. The van der Waals surface area contributed by atoms with Crippen LogP contribution in [-0.2, 0) is 0 Å². The predicted octanol–water partition coefficient (Wildman–Crippen LogP) is 18.7. The minimum atomic E-state index is -0.174. The molecule has 8 aromatic carbocycles. The van der Waals surface area contributed by atoms with Gasteiger partial charge in [-0.1, -0.05) is 242 Å². The molecule has 0 radical (unpaired) electrons. The molecule has 0 aliphatic rings. The van der Waals surface area contributed by atoms with E-state index < -0.39 is 0 Å². The number of hydrogen-bond donors (Lipinski definition) is 0. The van der Waals surface area contributed by atoms with Crippen molar-refractivity contribution in [3.05, 3.63) is 126 Å². The summed E-state index contributed by atoms with van der Waals surface area (Å²) in [6.45, 7) is 8.90. The molecular weight excluding hydrogens is 909 g/mol. The van der Waals surface area contributed by atoms with E-state index in [0.29, 0.717) is 21.5 Å². The molecule has 386 valence electrons. The highest BCUT2D eigenvalue weighted by Gasteiger charge is 2.29. The highest BCUT2D eigenvalue weighted by Crippen LogP contribution is 2.47. The smallest absolute Gasteiger partial charge is 0.262 e. The summed E-state index contributed by atoms with van der Waals surface area (Å²) in [6, 6.07) is 29.1. The van der Waals surface area contributed by atoms with Crippen molar-refractivity contribution in [2.45, 2.75) is 207 Å². The number of fused-ring (bicyclic) bond motifs is 14. The van der Waals surface area contributed by atoms with Gasteiger partial charge in [-0.2, -0.15) is 0 Å². The Hall–Kier alpha value is -5.88. The third kappa shape index (κ3) is 9.46. The van der Waals surface area contributed by atoms with Crippen molar-refractivity contribution in [3.8, 4) is 0 Å². The molecule has 10 aromatic rings. The maximum absolute atomic E-state index is 15.4. The Labute approximate surface area is 437 Å². The Bertz CT molecular complexity index is 3560. The van der Waals surface area contributed by atoms with Crippen LogP contribution in [0.3, 0.4) is 0 Å². The topological polar surface area (TPSA) is 78.1 Å². The monoisotopic (exact) mass is 989 g/mol. The summed E-state index contributed by atoms with van der Waals surface area (Å²) >= 11 is 0. The predicted molar refractivity (Wildman–Crippen MR) is 319 cm³/mol. The summed E-state index contributed by atoms with van der Waals surface area (Å²) in [5.74, 6) is 0. The van der Waals surface area contributed by atoms with Crippen LogP contribution in [-0.4, -0.2) is 9.13 Å². The molecule has 2 atom stereocenters. The lowest BCUT2D eigenvalue weighted by Gasteiger charge is -2.18. The molecule has 6 heteroatoms. The van der Waals surface area contributed by atoms with Crippen molar-refractivity contribution in [1.29, 1.82) is 0 Å². The Balaban J connectivity index is 1.14. The first-order chi connectivity index (χ1) is 36.3. The number of benzene rings is 8. The Morgan fingerprint density at radius 3 is 0.959 bits per heavy atom. The Morgan fingerprint density at radius 2 is 0.595 bits per heavy atom. The van der Waals surface area contributed by atoms with Crippen LogP contribution in [0.5, 0.6) is 0 Å². The Kier molecular flexibility index (Phi) is 16.3. The maximum Gasteiger partial charge on any atom is 0.262 e. The Morgan fingerprint density at radius 1 is 0.284 bits per heavy atom. The molecule has 0 N–H and O–H groups in total. The number of hydrogen-bond acceptors (Lipinski definition) is 4. The van der Waals surface area contributed by atoms with Crippen LogP contribution in [0.2, 0.25) is 0 Å². The van der Waals surface area contributed by atoms with Crippen LogP contribution in [0.25, 0.3) is 97.0 Å². The molecule has 2 aromatic heterocycles. The van der Waals surface area contributed by atoms with Crippen molar-refractivity contribution in [2.75, 3.05) is 0 Å². The van der Waals surface area contributed by atoms with E-state index in [0.717, 1.165) is 152 Å². The van der Waals surface area contributed by atoms with E-state index in [2.05, 4.69) is 76.2 Å². The molecular formula is C68H80N2O4. The molecule has 0 bridgehead atoms. The van der Waals surface area contributed by atoms with Crippen molar-refractivity contribution in [1.82, 2.24) is 9.13 Å². The van der Waals surface area contributed by atoms with E-state index >= 15 is 19.2 Å². The first-order valence-corrected chi connectivity index (χ1v) is 29.6. The highest BCUT2D eigenvalue weighted by molar-refractivity contribution is 6.42. The lowest BCUT2D eigenvalue weighted by Crippen LogP contribution is -2.30. The third-order valence-corrected chi connectivity index (χ3v) is 17.4. The van der Waals surface area contributed by atoms with Gasteiger partial charge in [0.2, 0.25) is 0 Å². The molecule has 10 rings (SSSR count). The van der Waals surface area contributed by atoms with Gasteiger partial charge in [-0.3, -0.25) is 28.3 Å². The third-order valence-electron chi connectivity index (χ3n) is 17.4. The van der Waals surface area contributed by atoms with E-state index in [1.807, 2.05) is 36.4 Å². The number of nitrogens with zero attached hydrogens (tertiary/aromatic N) is 2. The van der Waals surface area contributed by atoms with Crippen molar-refractivity contribution in [3.63, 3.8) is 0 Å². The van der Waals surface area contributed by atoms with E-state index in [4.69, 9.17) is 0 Å². The molecule has 0 aliphatic carbocycles. The van der Waals surface area contributed by atoms with Crippen LogP contribution < -0.4 is 22.2 Å². The second-order valence-electron chi connectivity index (χ2n) is 22.4. The first-order valence-electron chi connectivity index (χ1n) is 29.6. The zero-order chi connectivity index (χ0) is 51.3. The first kappa shape index (κ1) is 51.6. The van der Waals surface area contributed by atoms with Gasteiger partial charge in [-0.15, -0.1) is 0 Å². The molecule has 2 heterocycles. The molecule has 0 fully saturated rings. The van der Waals surface area contributed by atoms with Crippen molar-refractivity contribution in [2.24, 2.45) is 0 Å². The van der Waals surface area contributed by atoms with Crippen molar-refractivity contribution < 1.29 is 0 Å². The van der Waals surface area contributed by atoms with Gasteiger partial charge in [0.05, 0.1) is 21.5 Å². The van der Waals surface area contributed by atoms with Gasteiger partial charge in [0, 0.05) is 22.9 Å². The SMILES string of the molecule is CCCCCCCCCCCC(CCCC)n1c(=O)c2c3ccccc3c3cc4ccc5cc6c7ccccc7c7c(=O)n(C(CCCC)CCCCCCCCCCC)c(=O)c7c6c6ccc(c3c2c1=O)c4c56. The summed E-state index contributed by atoms with van der Waals surface area (Å²) in [5.41, 5.74) is -0.678. The quantitative estimate of drug-likeness (QED) is 0.0278. The van der Waals surface area contributed by atoms with E-state index in [9.17, 15) is 0 Å². The fraction of sp³-hybridized carbons (Fsp3) is 0.471. The van der Waals surface area contributed by atoms with Gasteiger partial charge in [0.15, 0.2) is 0 Å². The summed E-state index contributed by atoms with van der Waals surface area (Å²) in [5, 5.41) is 15.3. The molecule has 0 amide bonds. The van der Waals surface area contributed by atoms with Crippen LogP contribution in [0.4, 0.5) is 0 Å². The fourth-order valence-electron chi connectivity index (χ4n) is 13.6.